The van der Waals surface area contributed by atoms with Gasteiger partial charge in [-0.25, -0.2) is 4.98 Å². The second kappa shape index (κ2) is 4.88. The number of ether oxygens (including phenoxy) is 1. The summed E-state index contributed by atoms with van der Waals surface area (Å²) < 4.78 is 5.81. The van der Waals surface area contributed by atoms with Gasteiger partial charge in [0.15, 0.2) is 0 Å². The fourth-order valence-electron chi connectivity index (χ4n) is 3.09. The number of piperidine rings is 1. The molecular weight excluding hydrogens is 232 g/mol. The summed E-state index contributed by atoms with van der Waals surface area (Å²) in [5.74, 6) is 0.722. The Morgan fingerprint density at radius 3 is 3.18 bits per heavy atom. The van der Waals surface area contributed by atoms with Crippen molar-refractivity contribution in [2.45, 2.75) is 31.5 Å². The van der Waals surface area contributed by atoms with Crippen molar-refractivity contribution in [1.82, 2.24) is 9.88 Å². The van der Waals surface area contributed by atoms with Crippen LogP contribution in [-0.2, 0) is 11.3 Å². The van der Waals surface area contributed by atoms with E-state index in [9.17, 15) is 0 Å². The smallest absolute Gasteiger partial charge is 0.107 e. The van der Waals surface area contributed by atoms with Crippen molar-refractivity contribution < 1.29 is 4.74 Å². The number of fused-ring (bicyclic) bond motifs is 2. The van der Waals surface area contributed by atoms with Crippen molar-refractivity contribution in [1.29, 1.82) is 0 Å². The molecule has 1 aromatic heterocycles. The van der Waals surface area contributed by atoms with Crippen LogP contribution in [0.15, 0.2) is 24.2 Å². The maximum absolute atomic E-state index is 5.81. The van der Waals surface area contributed by atoms with E-state index in [2.05, 4.69) is 21.8 Å². The first-order valence-corrected chi connectivity index (χ1v) is 7.09. The third kappa shape index (κ3) is 2.30. The van der Waals surface area contributed by atoms with Crippen LogP contribution in [-0.4, -0.2) is 35.2 Å². The minimum absolute atomic E-state index is 0.463. The zero-order valence-corrected chi connectivity index (χ0v) is 10.7. The normalized spacial score (nSPS) is 32.1. The van der Waals surface area contributed by atoms with Gasteiger partial charge in [-0.05, 0) is 18.8 Å². The lowest BCUT2D eigenvalue weighted by Crippen LogP contribution is -2.38. The van der Waals surface area contributed by atoms with E-state index in [0.717, 1.165) is 12.5 Å². The Hall–Kier alpha value is -0.710. The number of hydrogen-bond donors (Lipinski definition) is 0. The van der Waals surface area contributed by atoms with Crippen LogP contribution in [0.2, 0.25) is 0 Å². The van der Waals surface area contributed by atoms with Gasteiger partial charge in [-0.1, -0.05) is 6.08 Å². The molecule has 4 heteroatoms. The Morgan fingerprint density at radius 1 is 1.59 bits per heavy atom. The van der Waals surface area contributed by atoms with Crippen LogP contribution in [0.5, 0.6) is 0 Å². The van der Waals surface area contributed by atoms with E-state index in [-0.39, 0.29) is 0 Å². The van der Waals surface area contributed by atoms with E-state index in [1.807, 2.05) is 12.3 Å². The third-order valence-corrected chi connectivity index (χ3v) is 4.60. The summed E-state index contributed by atoms with van der Waals surface area (Å²) in [5.41, 5.74) is 0. The summed E-state index contributed by atoms with van der Waals surface area (Å²) in [6, 6.07) is 0.707. The summed E-state index contributed by atoms with van der Waals surface area (Å²) >= 11 is 1.75. The highest BCUT2D eigenvalue weighted by Gasteiger charge is 2.44. The summed E-state index contributed by atoms with van der Waals surface area (Å²) in [6.45, 7) is 6.59. The van der Waals surface area contributed by atoms with Crippen LogP contribution in [0.25, 0.3) is 0 Å². The van der Waals surface area contributed by atoms with Gasteiger partial charge in [0, 0.05) is 24.2 Å². The molecule has 1 saturated heterocycles. The number of aromatic nitrogens is 1. The highest BCUT2D eigenvalue weighted by Crippen LogP contribution is 2.40. The predicted octanol–water partition coefficient (Wildman–Crippen LogP) is 2.31. The van der Waals surface area contributed by atoms with E-state index in [0.29, 0.717) is 18.8 Å². The Labute approximate surface area is 106 Å². The molecule has 1 saturated carbocycles. The number of thiazole rings is 1. The first-order valence-electron chi connectivity index (χ1n) is 6.21. The molecule has 0 N–H and O–H groups in total. The zero-order valence-electron chi connectivity index (χ0n) is 9.92. The van der Waals surface area contributed by atoms with E-state index in [1.54, 1.807) is 11.3 Å². The van der Waals surface area contributed by atoms with Gasteiger partial charge in [-0.2, -0.15) is 0 Å². The molecule has 0 amide bonds. The average Bonchev–Trinajstić information content (AvgIpc) is 3.02. The highest BCUT2D eigenvalue weighted by atomic mass is 32.1. The molecule has 17 heavy (non-hydrogen) atoms. The Kier molecular flexibility index (Phi) is 3.27. The minimum atomic E-state index is 0.463. The van der Waals surface area contributed by atoms with E-state index >= 15 is 0 Å². The van der Waals surface area contributed by atoms with E-state index < -0.39 is 0 Å². The lowest BCUT2D eigenvalue weighted by molar-refractivity contribution is 0.0124. The summed E-state index contributed by atoms with van der Waals surface area (Å²) in [6.07, 6.45) is 6.69. The van der Waals surface area contributed by atoms with Crippen LogP contribution in [0.1, 0.15) is 17.8 Å². The molecular formula is C13H18N2OS. The van der Waals surface area contributed by atoms with Gasteiger partial charge in [0.2, 0.25) is 0 Å². The quantitative estimate of drug-likeness (QED) is 0.750. The summed E-state index contributed by atoms with van der Waals surface area (Å²) in [5, 5.41) is 3.29. The molecule has 3 atom stereocenters. The van der Waals surface area contributed by atoms with E-state index in [4.69, 9.17) is 4.74 Å². The molecule has 92 valence electrons. The topological polar surface area (TPSA) is 25.4 Å². The van der Waals surface area contributed by atoms with Crippen LogP contribution in [0, 0.1) is 5.92 Å². The van der Waals surface area contributed by atoms with Gasteiger partial charge in [0.25, 0.3) is 0 Å². The second-order valence-corrected chi connectivity index (χ2v) is 5.88. The summed E-state index contributed by atoms with van der Waals surface area (Å²) in [7, 11) is 0. The van der Waals surface area contributed by atoms with Crippen molar-refractivity contribution in [2.75, 3.05) is 13.2 Å². The van der Waals surface area contributed by atoms with Gasteiger partial charge >= 0.3 is 0 Å². The number of likely N-dealkylation sites (tertiary alicyclic amines) is 1. The molecule has 3 rings (SSSR count). The molecule has 2 fully saturated rings. The Balaban J connectivity index is 1.55. The number of nitrogens with zero attached hydrogens (tertiary/aromatic N) is 2. The van der Waals surface area contributed by atoms with Crippen molar-refractivity contribution in [2.24, 2.45) is 5.92 Å². The Morgan fingerprint density at radius 2 is 2.53 bits per heavy atom. The maximum Gasteiger partial charge on any atom is 0.107 e. The molecule has 2 aliphatic rings. The fourth-order valence-corrected chi connectivity index (χ4v) is 3.73. The SMILES string of the molecule is C=CCO[C@H]1C[C@H]2C[C@H]1CN2Cc1nccs1. The number of hydrogen-bond acceptors (Lipinski definition) is 4. The van der Waals surface area contributed by atoms with Crippen LogP contribution in [0.3, 0.4) is 0 Å². The minimum Gasteiger partial charge on any atom is -0.374 e. The Bertz CT molecular complexity index is 379. The van der Waals surface area contributed by atoms with Crippen molar-refractivity contribution in [3.8, 4) is 0 Å². The molecule has 0 unspecified atom stereocenters. The van der Waals surface area contributed by atoms with Gasteiger partial charge in [0.1, 0.15) is 5.01 Å². The average molecular weight is 250 g/mol. The molecule has 1 aromatic rings. The molecule has 0 spiro atoms. The molecule has 2 heterocycles. The molecule has 1 aliphatic heterocycles. The first-order chi connectivity index (χ1) is 8.36. The standard InChI is InChI=1S/C13H18N2OS/c1-2-4-16-12-7-11-6-10(12)8-15(11)9-13-14-3-5-17-13/h2-3,5,10-12H,1,4,6-9H2/t10-,11+,12-/m0/s1. The largest absolute Gasteiger partial charge is 0.374 e. The van der Waals surface area contributed by atoms with Crippen molar-refractivity contribution >= 4 is 11.3 Å². The van der Waals surface area contributed by atoms with Crippen molar-refractivity contribution in [3.05, 3.63) is 29.2 Å². The molecule has 1 aliphatic carbocycles. The lowest BCUT2D eigenvalue weighted by atomic mass is 10.1. The van der Waals surface area contributed by atoms with Gasteiger partial charge in [-0.3, -0.25) is 4.90 Å². The van der Waals surface area contributed by atoms with Gasteiger partial charge in [-0.15, -0.1) is 17.9 Å². The second-order valence-electron chi connectivity index (χ2n) is 4.90. The van der Waals surface area contributed by atoms with E-state index in [1.165, 1.54) is 24.4 Å². The zero-order chi connectivity index (χ0) is 11.7. The lowest BCUT2D eigenvalue weighted by Gasteiger charge is -2.30. The molecule has 2 bridgehead atoms. The van der Waals surface area contributed by atoms with Crippen LogP contribution < -0.4 is 0 Å². The van der Waals surface area contributed by atoms with Crippen LogP contribution >= 0.6 is 11.3 Å². The number of rotatable bonds is 5. The maximum atomic E-state index is 5.81. The van der Waals surface area contributed by atoms with Gasteiger partial charge in [0.05, 0.1) is 19.3 Å². The predicted molar refractivity (Wildman–Crippen MR) is 69.0 cm³/mol. The summed E-state index contributed by atoms with van der Waals surface area (Å²) in [4.78, 5) is 6.93. The van der Waals surface area contributed by atoms with Gasteiger partial charge < -0.3 is 4.74 Å². The van der Waals surface area contributed by atoms with Crippen molar-refractivity contribution in [3.63, 3.8) is 0 Å². The first kappa shape index (κ1) is 11.4. The fraction of sp³-hybridized carbons (Fsp3) is 0.615. The molecule has 0 radical (unpaired) electrons. The van der Waals surface area contributed by atoms with Crippen LogP contribution in [0.4, 0.5) is 0 Å². The third-order valence-electron chi connectivity index (χ3n) is 3.84. The molecule has 3 nitrogen and oxygen atoms in total. The monoisotopic (exact) mass is 250 g/mol. The molecule has 0 aromatic carbocycles. The highest BCUT2D eigenvalue weighted by molar-refractivity contribution is 7.09.